The fraction of sp³-hybridized carbons (Fsp3) is 0.733. The van der Waals surface area contributed by atoms with Gasteiger partial charge in [-0.15, -0.1) is 0 Å². The van der Waals surface area contributed by atoms with Gasteiger partial charge in [-0.05, 0) is 83.5 Å². The van der Waals surface area contributed by atoms with E-state index in [4.69, 9.17) is 14.2 Å². The molecule has 0 bridgehead atoms. The molecule has 0 radical (unpaired) electrons. The number of hydrogen-bond donors (Lipinski definition) is 6. The third kappa shape index (κ3) is 36.4. The molecule has 1 amide bonds. The Morgan fingerprint density at radius 3 is 1.66 bits per heavy atom. The molecule has 1 fully saturated rings. The highest BCUT2D eigenvalue weighted by molar-refractivity contribution is 5.80. The Morgan fingerprint density at radius 1 is 0.577 bits per heavy atom. The van der Waals surface area contributed by atoms with Crippen LogP contribution < -0.4 is 5.32 Å². The molecule has 408 valence electrons. The van der Waals surface area contributed by atoms with E-state index in [1.807, 2.05) is 30.4 Å². The molecule has 8 atom stereocenters. The molecule has 0 aliphatic carbocycles. The number of ether oxygens (including phenoxy) is 3. The topological polar surface area (TPSA) is 175 Å². The average Bonchev–Trinajstić information content (AvgIpc) is 3.37. The first-order chi connectivity index (χ1) is 34.7. The number of allylic oxidation sites excluding steroid dienone is 13. The number of esters is 1. The molecule has 6 N–H and O–H groups in total. The van der Waals surface area contributed by atoms with E-state index >= 15 is 0 Å². The van der Waals surface area contributed by atoms with Gasteiger partial charge in [0.1, 0.15) is 24.4 Å². The molecule has 1 aliphatic rings. The first-order valence-corrected chi connectivity index (χ1v) is 28.4. The molecule has 0 aromatic rings. The van der Waals surface area contributed by atoms with Crippen LogP contribution >= 0.6 is 0 Å². The van der Waals surface area contributed by atoms with Crippen LogP contribution in [0.15, 0.2) is 85.1 Å². The quantitative estimate of drug-likeness (QED) is 0.0149. The van der Waals surface area contributed by atoms with Crippen molar-refractivity contribution in [2.45, 2.75) is 269 Å². The predicted octanol–water partition coefficient (Wildman–Crippen LogP) is 12.6. The zero-order valence-electron chi connectivity index (χ0n) is 44.8. The van der Waals surface area contributed by atoms with E-state index in [0.717, 1.165) is 96.3 Å². The van der Waals surface area contributed by atoms with Crippen molar-refractivity contribution >= 4 is 11.9 Å². The van der Waals surface area contributed by atoms with Gasteiger partial charge < -0.3 is 45.1 Å². The van der Waals surface area contributed by atoms with Crippen molar-refractivity contribution in [1.29, 1.82) is 0 Å². The summed E-state index contributed by atoms with van der Waals surface area (Å²) in [5.41, 5.74) is 0. The smallest absolute Gasteiger partial charge is 0.306 e. The molecule has 11 heteroatoms. The lowest BCUT2D eigenvalue weighted by atomic mass is 9.99. The van der Waals surface area contributed by atoms with Gasteiger partial charge in [-0.2, -0.15) is 0 Å². The van der Waals surface area contributed by atoms with E-state index in [1.54, 1.807) is 6.08 Å². The highest BCUT2D eigenvalue weighted by atomic mass is 16.7. The summed E-state index contributed by atoms with van der Waals surface area (Å²) < 4.78 is 17.5. The number of unbranched alkanes of at least 4 members (excludes halogenated alkanes) is 22. The minimum absolute atomic E-state index is 0.0915. The summed E-state index contributed by atoms with van der Waals surface area (Å²) in [6.07, 6.45) is 50.5. The van der Waals surface area contributed by atoms with Gasteiger partial charge in [0.15, 0.2) is 12.4 Å². The van der Waals surface area contributed by atoms with E-state index in [-0.39, 0.29) is 19.4 Å². The summed E-state index contributed by atoms with van der Waals surface area (Å²) >= 11 is 0. The van der Waals surface area contributed by atoms with Crippen LogP contribution in [-0.2, 0) is 23.8 Å². The molecular weight excluding hydrogens is 895 g/mol. The maximum atomic E-state index is 13.3. The van der Waals surface area contributed by atoms with Gasteiger partial charge in [0.2, 0.25) is 5.91 Å². The molecule has 0 aromatic heterocycles. The van der Waals surface area contributed by atoms with Gasteiger partial charge in [0, 0.05) is 6.42 Å². The maximum Gasteiger partial charge on any atom is 0.306 e. The summed E-state index contributed by atoms with van der Waals surface area (Å²) in [5.74, 6) is -1.24. The van der Waals surface area contributed by atoms with Crippen LogP contribution in [0.2, 0.25) is 0 Å². The Labute approximate surface area is 432 Å². The molecule has 0 saturated carbocycles. The van der Waals surface area contributed by atoms with Crippen LogP contribution in [0.5, 0.6) is 0 Å². The molecule has 1 heterocycles. The zero-order valence-corrected chi connectivity index (χ0v) is 44.8. The summed E-state index contributed by atoms with van der Waals surface area (Å²) in [5, 5.41) is 56.7. The Kier molecular flexibility index (Phi) is 44.4. The van der Waals surface area contributed by atoms with Crippen molar-refractivity contribution in [3.63, 3.8) is 0 Å². The largest absolute Gasteiger partial charge is 0.454 e. The highest BCUT2D eigenvalue weighted by Gasteiger charge is 2.47. The summed E-state index contributed by atoms with van der Waals surface area (Å²) in [6, 6.07) is -1.04. The van der Waals surface area contributed by atoms with Crippen molar-refractivity contribution in [2.75, 3.05) is 13.2 Å². The molecule has 71 heavy (non-hydrogen) atoms. The van der Waals surface area contributed by atoms with Crippen molar-refractivity contribution in [3.8, 4) is 0 Å². The SMILES string of the molecule is CC/C=C/C=C/C=C\CCCCCCC(O)C(=O)NC(COC1OC(CO)C(O)C(O)C1OC(=O)CCCCCC/C=C\C/C=C\C/C=C\CCCCC)C(O)/C=C/CCCCCCCCCCCCC. The molecule has 0 spiro atoms. The first kappa shape index (κ1) is 65.9. The zero-order chi connectivity index (χ0) is 51.8. The number of aliphatic hydroxyl groups excluding tert-OH is 5. The molecule has 1 saturated heterocycles. The minimum atomic E-state index is -1.63. The first-order valence-electron chi connectivity index (χ1n) is 28.4. The molecule has 11 nitrogen and oxygen atoms in total. The predicted molar refractivity (Wildman–Crippen MR) is 292 cm³/mol. The van der Waals surface area contributed by atoms with E-state index in [9.17, 15) is 35.1 Å². The van der Waals surface area contributed by atoms with Crippen LogP contribution in [0.4, 0.5) is 0 Å². The number of nitrogens with one attached hydrogen (secondary N) is 1. The lowest BCUT2D eigenvalue weighted by molar-refractivity contribution is -0.305. The monoisotopic (exact) mass is 998 g/mol. The second kappa shape index (κ2) is 47.8. The van der Waals surface area contributed by atoms with E-state index in [2.05, 4.69) is 74.7 Å². The molecule has 1 aliphatic heterocycles. The Bertz CT molecular complexity index is 1470. The number of hydrogen-bond acceptors (Lipinski definition) is 10. The van der Waals surface area contributed by atoms with Crippen LogP contribution in [0, 0.1) is 0 Å². The van der Waals surface area contributed by atoms with Crippen molar-refractivity contribution in [2.24, 2.45) is 0 Å². The van der Waals surface area contributed by atoms with Crippen molar-refractivity contribution in [3.05, 3.63) is 85.1 Å². The van der Waals surface area contributed by atoms with E-state index in [0.29, 0.717) is 12.8 Å². The number of carbonyl (C=O) groups excluding carboxylic acids is 2. The molecular formula is C60H103NO10. The van der Waals surface area contributed by atoms with Crippen LogP contribution in [-0.4, -0.2) is 99.6 Å². The Balaban J connectivity index is 2.77. The van der Waals surface area contributed by atoms with Gasteiger partial charge >= 0.3 is 5.97 Å². The van der Waals surface area contributed by atoms with Gasteiger partial charge in [-0.1, -0.05) is 215 Å². The Morgan fingerprint density at radius 2 is 1.07 bits per heavy atom. The molecule has 1 rings (SSSR count). The van der Waals surface area contributed by atoms with Gasteiger partial charge in [-0.25, -0.2) is 0 Å². The van der Waals surface area contributed by atoms with E-state index in [1.165, 1.54) is 77.0 Å². The number of aliphatic hydroxyl groups is 5. The summed E-state index contributed by atoms with van der Waals surface area (Å²) in [7, 11) is 0. The summed E-state index contributed by atoms with van der Waals surface area (Å²) in [6.45, 7) is 5.58. The van der Waals surface area contributed by atoms with Crippen LogP contribution in [0.25, 0.3) is 0 Å². The lowest BCUT2D eigenvalue weighted by Crippen LogP contribution is -2.61. The fourth-order valence-electron chi connectivity index (χ4n) is 8.30. The maximum absolute atomic E-state index is 13.3. The normalized spacial score (nSPS) is 20.3. The third-order valence-corrected chi connectivity index (χ3v) is 12.8. The van der Waals surface area contributed by atoms with Crippen LogP contribution in [0.1, 0.15) is 220 Å². The number of rotatable bonds is 46. The van der Waals surface area contributed by atoms with Gasteiger partial charge in [-0.3, -0.25) is 9.59 Å². The highest BCUT2D eigenvalue weighted by Crippen LogP contribution is 2.26. The molecule has 8 unspecified atom stereocenters. The average molecular weight is 998 g/mol. The Hall–Kier alpha value is -3.16. The van der Waals surface area contributed by atoms with Crippen molar-refractivity contribution in [1.82, 2.24) is 5.32 Å². The lowest BCUT2D eigenvalue weighted by Gasteiger charge is -2.41. The van der Waals surface area contributed by atoms with E-state index < -0.39 is 67.4 Å². The van der Waals surface area contributed by atoms with Crippen LogP contribution in [0.3, 0.4) is 0 Å². The second-order valence-electron chi connectivity index (χ2n) is 19.3. The molecule has 0 aromatic carbocycles. The standard InChI is InChI=1S/C60H103NO10/c1-4-7-10-13-16-19-22-25-26-27-28-30-33-36-39-42-45-48-55(65)71-58-57(67)56(66)54(49-62)70-60(58)69-50-51(52(63)46-43-40-37-34-32-29-23-20-17-14-11-8-5-2)61-59(68)53(64)47-44-41-38-35-31-24-21-18-15-12-9-6-3/h9,12,15-16,18-19,21,24-26,28,30,43,46,51-54,56-58,60,62-64,66-67H,4-8,10-11,13-14,17,20,22-23,27,29,31-42,44-45,47-50H2,1-3H3,(H,61,68)/b12-9+,18-15+,19-16-,24-21-,26-25-,30-28-,46-43+. The fourth-order valence-corrected chi connectivity index (χ4v) is 8.30. The minimum Gasteiger partial charge on any atom is -0.454 e. The third-order valence-electron chi connectivity index (χ3n) is 12.8. The van der Waals surface area contributed by atoms with Gasteiger partial charge in [0.05, 0.1) is 25.4 Å². The van der Waals surface area contributed by atoms with Gasteiger partial charge in [0.25, 0.3) is 0 Å². The second-order valence-corrected chi connectivity index (χ2v) is 19.3. The number of carbonyl (C=O) groups is 2. The van der Waals surface area contributed by atoms with Crippen molar-refractivity contribution < 1.29 is 49.3 Å². The summed E-state index contributed by atoms with van der Waals surface area (Å²) in [4.78, 5) is 26.4. The number of amides is 1.